The van der Waals surface area contributed by atoms with E-state index in [1.54, 1.807) is 0 Å². The van der Waals surface area contributed by atoms with Crippen molar-refractivity contribution in [3.63, 3.8) is 0 Å². The Morgan fingerprint density at radius 1 is 0.636 bits per heavy atom. The van der Waals surface area contributed by atoms with Gasteiger partial charge in [0.25, 0.3) is 0 Å². The minimum absolute atomic E-state index is 0.0187. The van der Waals surface area contributed by atoms with Crippen molar-refractivity contribution in [3.8, 4) is 0 Å². The molecule has 4 atom stereocenters. The van der Waals surface area contributed by atoms with Crippen molar-refractivity contribution in [2.45, 2.75) is 59.2 Å². The average Bonchev–Trinajstić information content (AvgIpc) is 3.70. The molecule has 2 fully saturated rings. The van der Waals surface area contributed by atoms with Gasteiger partial charge in [-0.1, -0.05) is 134 Å². The van der Waals surface area contributed by atoms with Crippen LogP contribution in [0, 0.1) is 5.92 Å². The van der Waals surface area contributed by atoms with Crippen LogP contribution in [-0.2, 0) is 5.54 Å². The second kappa shape index (κ2) is 12.4. The molecule has 5 aromatic rings. The van der Waals surface area contributed by atoms with Crippen LogP contribution in [0.2, 0.25) is 0 Å². The SMILES string of the molecule is CS(C[C@@H](O)[C@@H]1C[C@@H]2CCC[C@@H]2N1C(c1ccccc1)(c1ccccc1)c1ccccc1)(c1ccccc1)c1ccccc1. The van der Waals surface area contributed by atoms with Crippen molar-refractivity contribution in [2.24, 2.45) is 5.92 Å². The molecular weight excluding hydrogens is 555 g/mol. The number of hydrogen-bond acceptors (Lipinski definition) is 2. The molecule has 1 aliphatic carbocycles. The van der Waals surface area contributed by atoms with Crippen LogP contribution < -0.4 is 0 Å². The third-order valence-corrected chi connectivity index (χ3v) is 13.9. The number of aliphatic hydroxyl groups is 1. The lowest BCUT2D eigenvalue weighted by Crippen LogP contribution is -2.57. The van der Waals surface area contributed by atoms with E-state index < -0.39 is 21.7 Å². The summed E-state index contributed by atoms with van der Waals surface area (Å²) in [7, 11) is -1.50. The highest BCUT2D eigenvalue weighted by molar-refractivity contribution is 8.33. The predicted octanol–water partition coefficient (Wildman–Crippen LogP) is 9.14. The van der Waals surface area contributed by atoms with E-state index in [2.05, 4.69) is 163 Å². The lowest BCUT2D eigenvalue weighted by molar-refractivity contribution is 0.0196. The van der Waals surface area contributed by atoms with E-state index in [9.17, 15) is 5.11 Å². The van der Waals surface area contributed by atoms with Crippen LogP contribution in [0.5, 0.6) is 0 Å². The second-order valence-corrected chi connectivity index (χ2v) is 16.2. The minimum atomic E-state index is -1.50. The van der Waals surface area contributed by atoms with Crippen LogP contribution in [0.15, 0.2) is 161 Å². The number of aliphatic hydroxyl groups excluding tert-OH is 1. The molecule has 1 N–H and O–H groups in total. The van der Waals surface area contributed by atoms with E-state index in [4.69, 9.17) is 0 Å². The van der Waals surface area contributed by atoms with Gasteiger partial charge in [-0.3, -0.25) is 4.90 Å². The molecule has 1 saturated carbocycles. The molecule has 3 heteroatoms. The summed E-state index contributed by atoms with van der Waals surface area (Å²) in [4.78, 5) is 5.46. The maximum Gasteiger partial charge on any atom is 0.0978 e. The van der Waals surface area contributed by atoms with Gasteiger partial charge in [-0.05, 0) is 82.2 Å². The van der Waals surface area contributed by atoms with E-state index in [0.717, 1.165) is 12.2 Å². The first-order valence-electron chi connectivity index (χ1n) is 16.1. The Hall–Kier alpha value is -3.63. The zero-order chi connectivity index (χ0) is 30.0. The van der Waals surface area contributed by atoms with Crippen molar-refractivity contribution in [1.29, 1.82) is 0 Å². The van der Waals surface area contributed by atoms with Gasteiger partial charge in [-0.2, -0.15) is 10.0 Å². The Morgan fingerprint density at radius 2 is 1.05 bits per heavy atom. The van der Waals surface area contributed by atoms with Gasteiger partial charge in [-0.15, -0.1) is 0 Å². The van der Waals surface area contributed by atoms with E-state index >= 15 is 0 Å². The zero-order valence-corrected chi connectivity index (χ0v) is 26.4. The molecule has 1 heterocycles. The molecule has 1 aliphatic heterocycles. The number of likely N-dealkylation sites (tertiary alicyclic amines) is 1. The number of nitrogens with zero attached hydrogens (tertiary/aromatic N) is 1. The van der Waals surface area contributed by atoms with Crippen molar-refractivity contribution in [1.82, 2.24) is 4.90 Å². The fraction of sp³-hybridized carbons (Fsp3) is 0.268. The molecule has 2 nitrogen and oxygen atoms in total. The standard InChI is InChI=1S/C41H43NOS/c1-44(36-25-13-5-14-26-36,37-27-15-6-16-28-37)31-40(43)39-30-32-18-17-29-38(32)42(39)41(33-19-7-2-8-20-33,34-21-9-3-10-22-34)35-23-11-4-12-24-35/h2-16,19-28,32,38-40,43H,17-18,29-31H2,1H3/t32-,38-,39-,40+/m0/s1. The van der Waals surface area contributed by atoms with Crippen LogP contribution in [0.25, 0.3) is 0 Å². The molecule has 2 aliphatic rings. The quantitative estimate of drug-likeness (QED) is 0.171. The largest absolute Gasteiger partial charge is 0.391 e. The third-order valence-electron chi connectivity index (χ3n) is 10.3. The van der Waals surface area contributed by atoms with E-state index in [1.165, 1.54) is 45.7 Å². The van der Waals surface area contributed by atoms with Gasteiger partial charge in [0, 0.05) is 17.8 Å². The lowest BCUT2D eigenvalue weighted by Gasteiger charge is -2.51. The predicted molar refractivity (Wildman–Crippen MR) is 184 cm³/mol. The summed E-state index contributed by atoms with van der Waals surface area (Å²) >= 11 is 0. The van der Waals surface area contributed by atoms with Gasteiger partial charge in [0.2, 0.25) is 0 Å². The Labute approximate surface area is 264 Å². The van der Waals surface area contributed by atoms with Crippen LogP contribution in [0.1, 0.15) is 42.4 Å². The molecule has 44 heavy (non-hydrogen) atoms. The summed E-state index contributed by atoms with van der Waals surface area (Å²) in [6.45, 7) is 0. The maximum atomic E-state index is 12.7. The number of fused-ring (bicyclic) bond motifs is 1. The lowest BCUT2D eigenvalue weighted by atomic mass is 9.74. The Kier molecular flexibility index (Phi) is 8.20. The van der Waals surface area contributed by atoms with Gasteiger partial charge in [0.1, 0.15) is 0 Å². The van der Waals surface area contributed by atoms with E-state index in [0.29, 0.717) is 12.0 Å². The molecule has 7 rings (SSSR count). The van der Waals surface area contributed by atoms with E-state index in [-0.39, 0.29) is 6.04 Å². The van der Waals surface area contributed by atoms with Crippen molar-refractivity contribution < 1.29 is 5.11 Å². The minimum Gasteiger partial charge on any atom is -0.391 e. The topological polar surface area (TPSA) is 23.5 Å². The van der Waals surface area contributed by atoms with Gasteiger partial charge >= 0.3 is 0 Å². The normalized spacial score (nSPS) is 21.5. The molecule has 1 saturated heterocycles. The summed E-state index contributed by atoms with van der Waals surface area (Å²) in [5, 5.41) is 12.7. The van der Waals surface area contributed by atoms with Gasteiger partial charge in [-0.25, -0.2) is 0 Å². The monoisotopic (exact) mass is 597 g/mol. The Bertz CT molecular complexity index is 1490. The van der Waals surface area contributed by atoms with Gasteiger partial charge in [0.15, 0.2) is 0 Å². The van der Waals surface area contributed by atoms with Crippen LogP contribution in [0.3, 0.4) is 0 Å². The highest BCUT2D eigenvalue weighted by atomic mass is 32.3. The molecule has 0 spiro atoms. The molecule has 224 valence electrons. The molecule has 5 aromatic carbocycles. The highest BCUT2D eigenvalue weighted by Crippen LogP contribution is 2.61. The molecule has 0 radical (unpaired) electrons. The van der Waals surface area contributed by atoms with Crippen LogP contribution in [-0.4, -0.2) is 40.2 Å². The van der Waals surface area contributed by atoms with Crippen molar-refractivity contribution >= 4 is 10.0 Å². The highest BCUT2D eigenvalue weighted by Gasteiger charge is 2.56. The summed E-state index contributed by atoms with van der Waals surface area (Å²) < 4.78 is 0. The summed E-state index contributed by atoms with van der Waals surface area (Å²) in [6, 6.07) is 55.5. The third kappa shape index (κ3) is 5.01. The van der Waals surface area contributed by atoms with Crippen LogP contribution >= 0.6 is 10.0 Å². The average molecular weight is 598 g/mol. The van der Waals surface area contributed by atoms with Crippen LogP contribution in [0.4, 0.5) is 0 Å². The summed E-state index contributed by atoms with van der Waals surface area (Å²) in [6.07, 6.45) is 6.60. The van der Waals surface area contributed by atoms with Crippen molar-refractivity contribution in [3.05, 3.63) is 168 Å². The second-order valence-electron chi connectivity index (χ2n) is 12.7. The Morgan fingerprint density at radius 3 is 1.48 bits per heavy atom. The fourth-order valence-electron chi connectivity index (χ4n) is 8.38. The summed E-state index contributed by atoms with van der Waals surface area (Å²) in [5.74, 6) is 1.32. The molecule has 0 unspecified atom stereocenters. The number of benzene rings is 5. The zero-order valence-electron chi connectivity index (χ0n) is 25.6. The van der Waals surface area contributed by atoms with Crippen molar-refractivity contribution in [2.75, 3.05) is 12.0 Å². The fourth-order valence-corrected chi connectivity index (χ4v) is 11.5. The molecular formula is C41H43NOS. The smallest absolute Gasteiger partial charge is 0.0978 e. The maximum absolute atomic E-state index is 12.7. The Balaban J connectivity index is 1.41. The number of hydrogen-bond donors (Lipinski definition) is 1. The van der Waals surface area contributed by atoms with Gasteiger partial charge < -0.3 is 5.11 Å². The first-order chi connectivity index (χ1) is 21.6. The van der Waals surface area contributed by atoms with Gasteiger partial charge in [0.05, 0.1) is 11.6 Å². The summed E-state index contributed by atoms with van der Waals surface area (Å²) in [5.41, 5.74) is 3.28. The molecule has 0 bridgehead atoms. The first-order valence-corrected chi connectivity index (χ1v) is 18.3. The first kappa shape index (κ1) is 29.1. The van der Waals surface area contributed by atoms with E-state index in [1.807, 2.05) is 0 Å². The molecule has 0 amide bonds. The number of rotatable bonds is 9. The molecule has 0 aromatic heterocycles.